The van der Waals surface area contributed by atoms with Crippen molar-refractivity contribution in [1.82, 2.24) is 0 Å². The number of hydrogen-bond donors (Lipinski definition) is 2. The Morgan fingerprint density at radius 2 is 1.92 bits per heavy atom. The van der Waals surface area contributed by atoms with Crippen molar-refractivity contribution in [2.75, 3.05) is 19.0 Å². The summed E-state index contributed by atoms with van der Waals surface area (Å²) < 4.78 is 9.73. The van der Waals surface area contributed by atoms with Gasteiger partial charge >= 0.3 is 5.97 Å². The van der Waals surface area contributed by atoms with Crippen molar-refractivity contribution < 1.29 is 29.1 Å². The molecular formula is C17H16N2O7. The molecule has 2 aromatic carbocycles. The average molecular weight is 360 g/mol. The van der Waals surface area contributed by atoms with Crippen LogP contribution in [0.5, 0.6) is 11.5 Å². The van der Waals surface area contributed by atoms with Crippen molar-refractivity contribution in [2.45, 2.75) is 6.92 Å². The summed E-state index contributed by atoms with van der Waals surface area (Å²) in [6.45, 7) is 0.921. The number of aromatic hydroxyl groups is 1. The summed E-state index contributed by atoms with van der Waals surface area (Å²) in [5.74, 6) is -2.01. The first-order valence-corrected chi connectivity index (χ1v) is 7.42. The fourth-order valence-corrected chi connectivity index (χ4v) is 2.20. The van der Waals surface area contributed by atoms with Crippen LogP contribution in [0.3, 0.4) is 0 Å². The number of amides is 1. The lowest BCUT2D eigenvalue weighted by Gasteiger charge is -2.10. The third-order valence-corrected chi connectivity index (χ3v) is 3.49. The Kier molecular flexibility index (Phi) is 5.74. The molecular weight excluding hydrogens is 344 g/mol. The van der Waals surface area contributed by atoms with Crippen molar-refractivity contribution >= 4 is 23.3 Å². The monoisotopic (exact) mass is 360 g/mol. The zero-order valence-electron chi connectivity index (χ0n) is 14.0. The predicted octanol–water partition coefficient (Wildman–Crippen LogP) is 2.41. The summed E-state index contributed by atoms with van der Waals surface area (Å²) in [7, 11) is 1.33. The van der Waals surface area contributed by atoms with Crippen LogP contribution in [0.2, 0.25) is 0 Å². The number of benzene rings is 2. The van der Waals surface area contributed by atoms with Crippen LogP contribution in [0.1, 0.15) is 15.9 Å². The molecule has 2 aromatic rings. The highest BCUT2D eigenvalue weighted by atomic mass is 16.6. The third-order valence-electron chi connectivity index (χ3n) is 3.49. The zero-order chi connectivity index (χ0) is 19.3. The van der Waals surface area contributed by atoms with Gasteiger partial charge in [-0.3, -0.25) is 14.9 Å². The van der Waals surface area contributed by atoms with Gasteiger partial charge in [-0.05, 0) is 24.6 Å². The number of hydrogen-bond acceptors (Lipinski definition) is 7. The maximum absolute atomic E-state index is 12.0. The second-order valence-electron chi connectivity index (χ2n) is 5.21. The van der Waals surface area contributed by atoms with Crippen molar-refractivity contribution in [3.05, 3.63) is 57.6 Å². The quantitative estimate of drug-likeness (QED) is 0.460. The number of nitro benzene ring substituents is 1. The number of esters is 1. The lowest BCUT2D eigenvalue weighted by Crippen LogP contribution is -2.22. The molecule has 0 saturated carbocycles. The number of para-hydroxylation sites is 2. The highest BCUT2D eigenvalue weighted by molar-refractivity contribution is 5.98. The Morgan fingerprint density at radius 1 is 1.23 bits per heavy atom. The highest BCUT2D eigenvalue weighted by Crippen LogP contribution is 2.30. The Labute approximate surface area is 148 Å². The van der Waals surface area contributed by atoms with E-state index in [2.05, 4.69) is 5.32 Å². The second-order valence-corrected chi connectivity index (χ2v) is 5.21. The van der Waals surface area contributed by atoms with Crippen molar-refractivity contribution in [2.24, 2.45) is 0 Å². The van der Waals surface area contributed by atoms with Crippen molar-refractivity contribution in [3.8, 4) is 11.5 Å². The van der Waals surface area contributed by atoms with Gasteiger partial charge in [0.25, 0.3) is 11.6 Å². The van der Waals surface area contributed by atoms with Gasteiger partial charge in [-0.25, -0.2) is 4.79 Å². The molecule has 0 spiro atoms. The molecule has 0 aromatic heterocycles. The number of methoxy groups -OCH3 is 1. The fourth-order valence-electron chi connectivity index (χ4n) is 2.20. The van der Waals surface area contributed by atoms with Gasteiger partial charge in [0.05, 0.1) is 12.0 Å². The summed E-state index contributed by atoms with van der Waals surface area (Å²) in [6, 6.07) is 8.59. The Balaban J connectivity index is 2.06. The van der Waals surface area contributed by atoms with Crippen LogP contribution in [-0.2, 0) is 9.53 Å². The van der Waals surface area contributed by atoms with E-state index < -0.39 is 29.2 Å². The minimum atomic E-state index is -0.934. The molecule has 2 rings (SSSR count). The normalized spacial score (nSPS) is 10.1. The molecule has 0 bridgehead atoms. The molecule has 0 radical (unpaired) electrons. The molecule has 0 saturated heterocycles. The molecule has 9 nitrogen and oxygen atoms in total. The first kappa shape index (κ1) is 18.7. The standard InChI is InChI=1S/C17H16N2O7/c1-10-5-3-7-12(19(23)24)15(10)18-14(20)9-26-17(22)11-6-4-8-13(25-2)16(11)21/h3-8,21H,9H2,1-2H3,(H,18,20). The summed E-state index contributed by atoms with van der Waals surface area (Å²) in [5, 5.41) is 23.3. The van der Waals surface area contributed by atoms with E-state index in [0.717, 1.165) is 0 Å². The SMILES string of the molecule is COc1cccc(C(=O)OCC(=O)Nc2c(C)cccc2[N+](=O)[O-])c1O. The molecule has 9 heteroatoms. The summed E-state index contributed by atoms with van der Waals surface area (Å²) in [6.07, 6.45) is 0. The van der Waals surface area contributed by atoms with E-state index in [0.29, 0.717) is 5.56 Å². The van der Waals surface area contributed by atoms with Crippen LogP contribution in [0, 0.1) is 17.0 Å². The number of anilines is 1. The molecule has 2 N–H and O–H groups in total. The van der Waals surface area contributed by atoms with E-state index >= 15 is 0 Å². The van der Waals surface area contributed by atoms with Crippen molar-refractivity contribution in [3.63, 3.8) is 0 Å². The molecule has 0 aliphatic heterocycles. The summed E-state index contributed by atoms with van der Waals surface area (Å²) in [5.41, 5.74) is 0.0845. The van der Waals surface area contributed by atoms with E-state index in [1.807, 2.05) is 0 Å². The molecule has 0 heterocycles. The molecule has 0 fully saturated rings. The minimum Gasteiger partial charge on any atom is -0.504 e. The number of nitrogens with one attached hydrogen (secondary N) is 1. The Morgan fingerprint density at radius 3 is 2.58 bits per heavy atom. The smallest absolute Gasteiger partial charge is 0.342 e. The van der Waals surface area contributed by atoms with E-state index in [1.165, 1.54) is 37.4 Å². The van der Waals surface area contributed by atoms with Crippen LogP contribution >= 0.6 is 0 Å². The van der Waals surface area contributed by atoms with Gasteiger partial charge in [0.15, 0.2) is 18.1 Å². The van der Waals surface area contributed by atoms with E-state index in [9.17, 15) is 24.8 Å². The summed E-state index contributed by atoms with van der Waals surface area (Å²) >= 11 is 0. The van der Waals surface area contributed by atoms with Gasteiger partial charge in [0.1, 0.15) is 11.3 Å². The van der Waals surface area contributed by atoms with Crippen LogP contribution in [0.15, 0.2) is 36.4 Å². The lowest BCUT2D eigenvalue weighted by molar-refractivity contribution is -0.384. The molecule has 0 aliphatic carbocycles. The topological polar surface area (TPSA) is 128 Å². The van der Waals surface area contributed by atoms with Crippen LogP contribution < -0.4 is 10.1 Å². The number of carbonyl (C=O) groups is 2. The van der Waals surface area contributed by atoms with Crippen LogP contribution in [0.4, 0.5) is 11.4 Å². The molecule has 0 aliphatic rings. The van der Waals surface area contributed by atoms with Gasteiger partial charge in [-0.15, -0.1) is 0 Å². The number of rotatable bonds is 6. The molecule has 26 heavy (non-hydrogen) atoms. The molecule has 0 atom stereocenters. The van der Waals surface area contributed by atoms with Crippen LogP contribution in [-0.4, -0.2) is 35.6 Å². The van der Waals surface area contributed by atoms with Gasteiger partial charge in [0, 0.05) is 6.07 Å². The first-order valence-electron chi connectivity index (χ1n) is 7.42. The van der Waals surface area contributed by atoms with E-state index in [-0.39, 0.29) is 22.7 Å². The highest BCUT2D eigenvalue weighted by Gasteiger charge is 2.20. The number of nitro groups is 1. The van der Waals surface area contributed by atoms with E-state index in [4.69, 9.17) is 9.47 Å². The van der Waals surface area contributed by atoms with Gasteiger partial charge in [-0.2, -0.15) is 0 Å². The van der Waals surface area contributed by atoms with Gasteiger partial charge < -0.3 is 19.9 Å². The van der Waals surface area contributed by atoms with Gasteiger partial charge in [0.2, 0.25) is 0 Å². The van der Waals surface area contributed by atoms with Gasteiger partial charge in [-0.1, -0.05) is 18.2 Å². The number of ether oxygens (including phenoxy) is 2. The van der Waals surface area contributed by atoms with Crippen LogP contribution in [0.25, 0.3) is 0 Å². The fraction of sp³-hybridized carbons (Fsp3) is 0.176. The second kappa shape index (κ2) is 7.97. The molecule has 0 unspecified atom stereocenters. The maximum Gasteiger partial charge on any atom is 0.342 e. The third kappa shape index (κ3) is 4.07. The average Bonchev–Trinajstić information content (AvgIpc) is 2.61. The minimum absolute atomic E-state index is 0.0303. The lowest BCUT2D eigenvalue weighted by atomic mass is 10.1. The zero-order valence-corrected chi connectivity index (χ0v) is 14.0. The largest absolute Gasteiger partial charge is 0.504 e. The number of aryl methyl sites for hydroxylation is 1. The molecule has 1 amide bonds. The number of phenolic OH excluding ortho intramolecular Hbond substituents is 1. The Bertz CT molecular complexity index is 864. The molecule has 136 valence electrons. The van der Waals surface area contributed by atoms with E-state index in [1.54, 1.807) is 13.0 Å². The number of phenols is 1. The Hall–Kier alpha value is -3.62. The van der Waals surface area contributed by atoms with Crippen molar-refractivity contribution in [1.29, 1.82) is 0 Å². The number of carbonyl (C=O) groups excluding carboxylic acids is 2. The predicted molar refractivity (Wildman–Crippen MR) is 91.4 cm³/mol. The number of nitrogens with zero attached hydrogens (tertiary/aromatic N) is 1. The summed E-state index contributed by atoms with van der Waals surface area (Å²) in [4.78, 5) is 34.4. The maximum atomic E-state index is 12.0. The first-order chi connectivity index (χ1) is 12.3.